The molecule has 1 saturated carbocycles. The van der Waals surface area contributed by atoms with Gasteiger partial charge in [0.25, 0.3) is 5.91 Å². The molecule has 0 aromatic heterocycles. The molecule has 3 rings (SSSR count). The van der Waals surface area contributed by atoms with Crippen LogP contribution in [-0.4, -0.2) is 66.4 Å². The fourth-order valence-corrected chi connectivity index (χ4v) is 3.62. The lowest BCUT2D eigenvalue weighted by atomic mass is 9.85. The van der Waals surface area contributed by atoms with Crippen molar-refractivity contribution in [3.05, 3.63) is 29.8 Å². The quantitative estimate of drug-likeness (QED) is 0.721. The second-order valence-electron chi connectivity index (χ2n) is 7.21. The lowest BCUT2D eigenvalue weighted by Gasteiger charge is -2.42. The van der Waals surface area contributed by atoms with Crippen molar-refractivity contribution in [1.29, 1.82) is 0 Å². The summed E-state index contributed by atoms with van der Waals surface area (Å²) in [7, 11) is 0. The predicted octanol–water partition coefficient (Wildman–Crippen LogP) is 1.91. The average molecular weight is 376 g/mol. The fourth-order valence-electron chi connectivity index (χ4n) is 3.62. The van der Waals surface area contributed by atoms with Gasteiger partial charge >= 0.3 is 5.97 Å². The van der Waals surface area contributed by atoms with Crippen LogP contribution >= 0.6 is 0 Å². The molecule has 0 bridgehead atoms. The number of ether oxygens (including phenoxy) is 2. The highest BCUT2D eigenvalue weighted by Crippen LogP contribution is 2.26. The van der Waals surface area contributed by atoms with Gasteiger partial charge < -0.3 is 19.9 Å². The maximum Gasteiger partial charge on any atom is 0.317 e. The van der Waals surface area contributed by atoms with Crippen molar-refractivity contribution in [3.8, 4) is 5.75 Å². The summed E-state index contributed by atoms with van der Waals surface area (Å²) in [6, 6.07) is 7.56. The first-order valence-corrected chi connectivity index (χ1v) is 9.66. The summed E-state index contributed by atoms with van der Waals surface area (Å²) in [4.78, 5) is 25.2. The molecule has 1 saturated heterocycles. The van der Waals surface area contributed by atoms with Crippen LogP contribution in [0.3, 0.4) is 0 Å². The first-order chi connectivity index (χ1) is 13.0. The van der Waals surface area contributed by atoms with Gasteiger partial charge in [-0.15, -0.1) is 0 Å². The lowest BCUT2D eigenvalue weighted by Crippen LogP contribution is -2.54. The second-order valence-corrected chi connectivity index (χ2v) is 7.21. The molecule has 0 radical (unpaired) electrons. The molecule has 1 aromatic carbocycles. The third-order valence-corrected chi connectivity index (χ3v) is 5.30. The van der Waals surface area contributed by atoms with Gasteiger partial charge in [-0.3, -0.25) is 14.5 Å². The molecule has 27 heavy (non-hydrogen) atoms. The third kappa shape index (κ3) is 5.43. The summed E-state index contributed by atoms with van der Waals surface area (Å²) in [5, 5.41) is 12.0. The van der Waals surface area contributed by atoms with E-state index in [-0.39, 0.29) is 30.6 Å². The molecule has 2 N–H and O–H groups in total. The number of amides is 1. The molecule has 2 aliphatic rings. The Morgan fingerprint density at radius 3 is 2.48 bits per heavy atom. The van der Waals surface area contributed by atoms with E-state index in [4.69, 9.17) is 14.6 Å². The Hall–Kier alpha value is -2.12. The van der Waals surface area contributed by atoms with Crippen molar-refractivity contribution in [2.24, 2.45) is 0 Å². The van der Waals surface area contributed by atoms with E-state index in [1.54, 1.807) is 12.1 Å². The van der Waals surface area contributed by atoms with Crippen LogP contribution in [0.25, 0.3) is 0 Å². The topological polar surface area (TPSA) is 88.1 Å². The number of hydrogen-bond donors (Lipinski definition) is 2. The Morgan fingerprint density at radius 1 is 1.22 bits per heavy atom. The van der Waals surface area contributed by atoms with Gasteiger partial charge in [0.05, 0.1) is 19.8 Å². The smallest absolute Gasteiger partial charge is 0.317 e. The van der Waals surface area contributed by atoms with E-state index >= 15 is 0 Å². The fraction of sp³-hybridized carbons (Fsp3) is 0.600. The molecule has 0 atom stereocenters. The van der Waals surface area contributed by atoms with E-state index in [9.17, 15) is 9.59 Å². The van der Waals surface area contributed by atoms with Gasteiger partial charge in [0.1, 0.15) is 11.9 Å². The number of hydrogen-bond acceptors (Lipinski definition) is 5. The number of nitrogens with one attached hydrogen (secondary N) is 1. The summed E-state index contributed by atoms with van der Waals surface area (Å²) in [5.74, 6) is -0.140. The van der Waals surface area contributed by atoms with Gasteiger partial charge in [-0.1, -0.05) is 6.92 Å². The van der Waals surface area contributed by atoms with Gasteiger partial charge in [0.15, 0.2) is 0 Å². The van der Waals surface area contributed by atoms with Gasteiger partial charge in [0, 0.05) is 30.5 Å². The number of benzene rings is 1. The highest BCUT2D eigenvalue weighted by molar-refractivity contribution is 5.94. The van der Waals surface area contributed by atoms with Crippen LogP contribution in [-0.2, 0) is 9.53 Å². The van der Waals surface area contributed by atoms with Gasteiger partial charge in [-0.2, -0.15) is 0 Å². The molecule has 0 unspecified atom stereocenters. The van der Waals surface area contributed by atoms with Crippen LogP contribution in [0.5, 0.6) is 5.75 Å². The Balaban J connectivity index is 1.44. The number of aliphatic carboxylic acids is 1. The zero-order valence-electron chi connectivity index (χ0n) is 15.7. The van der Waals surface area contributed by atoms with Crippen LogP contribution in [0, 0.1) is 0 Å². The summed E-state index contributed by atoms with van der Waals surface area (Å²) < 4.78 is 11.2. The van der Waals surface area contributed by atoms with Crippen molar-refractivity contribution >= 4 is 11.9 Å². The van der Waals surface area contributed by atoms with Crippen LogP contribution in [0.2, 0.25) is 0 Å². The predicted molar refractivity (Wildman–Crippen MR) is 100 cm³/mol. The molecule has 1 amide bonds. The molecule has 7 nitrogen and oxygen atoms in total. The Bertz CT molecular complexity index is 636. The molecular formula is C20H28N2O5. The minimum Gasteiger partial charge on any atom is -0.490 e. The number of carbonyl (C=O) groups is 2. The van der Waals surface area contributed by atoms with Crippen molar-refractivity contribution < 1.29 is 24.2 Å². The van der Waals surface area contributed by atoms with Crippen molar-refractivity contribution in [3.63, 3.8) is 0 Å². The number of likely N-dealkylation sites (N-methyl/N-ethyl adjacent to an activating group) is 1. The molecule has 1 aliphatic carbocycles. The molecule has 7 heteroatoms. The number of carboxylic acid groups (broad SMARTS) is 1. The van der Waals surface area contributed by atoms with Crippen molar-refractivity contribution in [2.75, 3.05) is 26.3 Å². The Morgan fingerprint density at radius 2 is 1.89 bits per heavy atom. The van der Waals surface area contributed by atoms with Gasteiger partial charge in [0.2, 0.25) is 0 Å². The summed E-state index contributed by atoms with van der Waals surface area (Å²) in [6.07, 6.45) is 3.54. The minimum atomic E-state index is -0.813. The van der Waals surface area contributed by atoms with Crippen LogP contribution in [0.1, 0.15) is 43.0 Å². The SMILES string of the molecule is CCN(CC(=O)O)C1CC(NC(=O)c2ccc(OC3CCOCC3)cc2)C1. The maximum absolute atomic E-state index is 12.4. The van der Waals surface area contributed by atoms with E-state index in [0.29, 0.717) is 12.1 Å². The average Bonchev–Trinajstić information content (AvgIpc) is 2.64. The molecule has 1 aliphatic heterocycles. The van der Waals surface area contributed by atoms with Crippen LogP contribution in [0.4, 0.5) is 0 Å². The summed E-state index contributed by atoms with van der Waals surface area (Å²) in [5.41, 5.74) is 0.607. The van der Waals surface area contributed by atoms with Crippen molar-refractivity contribution in [2.45, 2.75) is 50.8 Å². The van der Waals surface area contributed by atoms with E-state index in [0.717, 1.165) is 44.6 Å². The molecule has 1 aromatic rings. The number of carboxylic acids is 1. The van der Waals surface area contributed by atoms with Crippen LogP contribution in [0.15, 0.2) is 24.3 Å². The van der Waals surface area contributed by atoms with Crippen molar-refractivity contribution in [1.82, 2.24) is 10.2 Å². The molecular weight excluding hydrogens is 348 g/mol. The summed E-state index contributed by atoms with van der Waals surface area (Å²) in [6.45, 7) is 4.17. The normalized spacial score (nSPS) is 22.9. The van der Waals surface area contributed by atoms with Gasteiger partial charge in [-0.05, 0) is 43.7 Å². The summed E-state index contributed by atoms with van der Waals surface area (Å²) >= 11 is 0. The van der Waals surface area contributed by atoms with Gasteiger partial charge in [-0.25, -0.2) is 0 Å². The molecule has 2 fully saturated rings. The van der Waals surface area contributed by atoms with Crippen LogP contribution < -0.4 is 10.1 Å². The second kappa shape index (κ2) is 9.19. The van der Waals surface area contributed by atoms with E-state index in [2.05, 4.69) is 5.32 Å². The largest absolute Gasteiger partial charge is 0.490 e. The third-order valence-electron chi connectivity index (χ3n) is 5.30. The maximum atomic E-state index is 12.4. The zero-order chi connectivity index (χ0) is 19.2. The first-order valence-electron chi connectivity index (χ1n) is 9.66. The highest BCUT2D eigenvalue weighted by Gasteiger charge is 2.34. The standard InChI is InChI=1S/C20H28N2O5/c1-2-22(13-19(23)24)16-11-15(12-16)21-20(25)14-3-5-17(6-4-14)27-18-7-9-26-10-8-18/h3-6,15-16,18H,2,7-13H2,1H3,(H,21,25)(H,23,24). The first kappa shape index (κ1) is 19.6. The molecule has 1 heterocycles. The highest BCUT2D eigenvalue weighted by atomic mass is 16.5. The van der Waals surface area contributed by atoms with E-state index < -0.39 is 5.97 Å². The molecule has 0 spiro atoms. The molecule has 148 valence electrons. The zero-order valence-corrected chi connectivity index (χ0v) is 15.7. The Kier molecular flexibility index (Phi) is 6.68. The number of nitrogens with zero attached hydrogens (tertiary/aromatic N) is 1. The minimum absolute atomic E-state index is 0.0520. The monoisotopic (exact) mass is 376 g/mol. The number of rotatable bonds is 8. The van der Waals surface area contributed by atoms with E-state index in [1.165, 1.54) is 0 Å². The Labute approximate surface area is 159 Å². The van der Waals surface area contributed by atoms with E-state index in [1.807, 2.05) is 24.0 Å². The lowest BCUT2D eigenvalue weighted by molar-refractivity contribution is -0.139. The number of carbonyl (C=O) groups excluding carboxylic acids is 1.